The number of benzene rings is 6. The summed E-state index contributed by atoms with van der Waals surface area (Å²) in [6, 6.07) is 54.2. The van der Waals surface area contributed by atoms with Gasteiger partial charge in [-0.1, -0.05) is 136 Å². The molecule has 232 valence electrons. The Labute approximate surface area is 281 Å². The van der Waals surface area contributed by atoms with Crippen molar-refractivity contribution in [2.24, 2.45) is 15.9 Å². The zero-order valence-electron chi connectivity index (χ0n) is 27.4. The maximum absolute atomic E-state index is 5.46. The first-order valence-electron chi connectivity index (χ1n) is 16.8. The molecule has 2 aliphatic rings. The van der Waals surface area contributed by atoms with E-state index >= 15 is 0 Å². The molecule has 3 heterocycles. The zero-order valence-corrected chi connectivity index (χ0v) is 27.4. The van der Waals surface area contributed by atoms with Crippen molar-refractivity contribution in [2.45, 2.75) is 32.2 Å². The number of aromatic nitrogens is 1. The summed E-state index contributed by atoms with van der Waals surface area (Å²) in [5.74, 6) is 1.79. The lowest BCUT2D eigenvalue weighted by Gasteiger charge is -2.44. The Hall–Kier alpha value is -5.74. The minimum atomic E-state index is -0.248. The van der Waals surface area contributed by atoms with Crippen molar-refractivity contribution >= 4 is 44.9 Å². The molecule has 7 aromatic rings. The summed E-state index contributed by atoms with van der Waals surface area (Å²) in [5, 5.41) is 2.47. The lowest BCUT2D eigenvalue weighted by Crippen LogP contribution is -2.42. The van der Waals surface area contributed by atoms with Crippen molar-refractivity contribution < 1.29 is 0 Å². The first-order chi connectivity index (χ1) is 23.5. The van der Waals surface area contributed by atoms with Gasteiger partial charge in [-0.3, -0.25) is 9.89 Å². The van der Waals surface area contributed by atoms with Gasteiger partial charge in [0.2, 0.25) is 0 Å². The second kappa shape index (κ2) is 10.9. The lowest BCUT2D eigenvalue weighted by atomic mass is 9.73. The molecule has 48 heavy (non-hydrogen) atoms. The van der Waals surface area contributed by atoms with Crippen LogP contribution in [0.1, 0.15) is 49.1 Å². The van der Waals surface area contributed by atoms with Crippen LogP contribution in [0.4, 0.5) is 11.4 Å². The predicted molar refractivity (Wildman–Crippen MR) is 200 cm³/mol. The number of aliphatic imine (C=N–C) groups is 2. The largest absolute Gasteiger partial charge is 0.309 e. The zero-order chi connectivity index (χ0) is 32.4. The number of fused-ring (bicyclic) bond motifs is 5. The molecule has 0 aliphatic carbocycles. The average molecular weight is 621 g/mol. The molecule has 1 aromatic heterocycles. The van der Waals surface area contributed by atoms with Gasteiger partial charge < -0.3 is 4.57 Å². The monoisotopic (exact) mass is 620 g/mol. The van der Waals surface area contributed by atoms with Crippen LogP contribution in [0.25, 0.3) is 27.5 Å². The van der Waals surface area contributed by atoms with E-state index in [2.05, 4.69) is 176 Å². The fourth-order valence-electron chi connectivity index (χ4n) is 7.88. The van der Waals surface area contributed by atoms with Crippen LogP contribution in [-0.2, 0) is 5.41 Å². The summed E-state index contributed by atoms with van der Waals surface area (Å²) in [4.78, 5) is 13.2. The van der Waals surface area contributed by atoms with Gasteiger partial charge >= 0.3 is 0 Å². The Balaban J connectivity index is 1.34. The van der Waals surface area contributed by atoms with Gasteiger partial charge in [0.25, 0.3) is 0 Å². The van der Waals surface area contributed by atoms with Crippen molar-refractivity contribution in [3.05, 3.63) is 174 Å². The van der Waals surface area contributed by atoms with Crippen LogP contribution in [-0.4, -0.2) is 16.2 Å². The highest BCUT2D eigenvalue weighted by Gasteiger charge is 2.42. The average Bonchev–Trinajstić information content (AvgIpc) is 3.46. The second-order valence-corrected chi connectivity index (χ2v) is 13.5. The summed E-state index contributed by atoms with van der Waals surface area (Å²) in [5.41, 5.74) is 10.5. The number of hydrogen-bond donors (Lipinski definition) is 0. The van der Waals surface area contributed by atoms with Crippen molar-refractivity contribution in [1.29, 1.82) is 0 Å². The Kier molecular flexibility index (Phi) is 6.48. The number of amidine groups is 2. The molecule has 2 aliphatic heterocycles. The third kappa shape index (κ3) is 4.29. The van der Waals surface area contributed by atoms with Gasteiger partial charge in [-0.15, -0.1) is 0 Å². The molecule has 0 amide bonds. The Bertz CT molecular complexity index is 2380. The molecule has 6 aromatic carbocycles. The van der Waals surface area contributed by atoms with Crippen molar-refractivity contribution in [3.63, 3.8) is 0 Å². The van der Waals surface area contributed by atoms with Crippen LogP contribution in [0.5, 0.6) is 0 Å². The quantitative estimate of drug-likeness (QED) is 0.193. The molecule has 0 bridgehead atoms. The molecular weight excluding hydrogens is 585 g/mol. The molecular formula is C44H36N4. The van der Waals surface area contributed by atoms with Crippen LogP contribution in [0.3, 0.4) is 0 Å². The minimum Gasteiger partial charge on any atom is -0.309 e. The number of anilines is 2. The van der Waals surface area contributed by atoms with E-state index in [0.29, 0.717) is 0 Å². The predicted octanol–water partition coefficient (Wildman–Crippen LogP) is 10.8. The van der Waals surface area contributed by atoms with E-state index in [1.807, 2.05) is 6.07 Å². The highest BCUT2D eigenvalue weighted by Crippen LogP contribution is 2.52. The Morgan fingerprint density at radius 2 is 1.23 bits per heavy atom. The van der Waals surface area contributed by atoms with E-state index in [1.165, 1.54) is 49.9 Å². The first-order valence-corrected chi connectivity index (χ1v) is 16.8. The normalized spacial score (nSPS) is 18.3. The molecule has 0 N–H and O–H groups in total. The van der Waals surface area contributed by atoms with Gasteiger partial charge in [0.15, 0.2) is 5.84 Å². The summed E-state index contributed by atoms with van der Waals surface area (Å²) in [6.45, 7) is 7.00. The molecule has 4 nitrogen and oxygen atoms in total. The highest BCUT2D eigenvalue weighted by molar-refractivity contribution is 6.19. The summed E-state index contributed by atoms with van der Waals surface area (Å²) < 4.78 is 2.41. The third-order valence-corrected chi connectivity index (χ3v) is 10.3. The van der Waals surface area contributed by atoms with Crippen LogP contribution >= 0.6 is 0 Å². The summed E-state index contributed by atoms with van der Waals surface area (Å²) in [6.07, 6.45) is 0. The van der Waals surface area contributed by atoms with Gasteiger partial charge in [0, 0.05) is 33.4 Å². The van der Waals surface area contributed by atoms with Gasteiger partial charge in [-0.2, -0.15) is 0 Å². The van der Waals surface area contributed by atoms with Gasteiger partial charge in [-0.05, 0) is 53.1 Å². The van der Waals surface area contributed by atoms with Gasteiger partial charge in [0.05, 0.1) is 28.5 Å². The SMILES string of the molecule is CC1C(N2c3ccccc3C(C)(C)c3cc4c(cc32)c2ccccc2n4-c2ccccc2)=NC(c2ccccc2)=NC1c1ccccc1. The fraction of sp³-hybridized carbons (Fsp3) is 0.136. The molecule has 0 saturated carbocycles. The summed E-state index contributed by atoms with van der Waals surface area (Å²) >= 11 is 0. The number of nitrogens with zero attached hydrogens (tertiary/aromatic N) is 4. The van der Waals surface area contributed by atoms with E-state index in [4.69, 9.17) is 9.98 Å². The van der Waals surface area contributed by atoms with Crippen LogP contribution < -0.4 is 4.90 Å². The third-order valence-electron chi connectivity index (χ3n) is 10.3. The maximum Gasteiger partial charge on any atom is 0.157 e. The van der Waals surface area contributed by atoms with E-state index in [1.54, 1.807) is 0 Å². The van der Waals surface area contributed by atoms with Gasteiger partial charge in [0.1, 0.15) is 5.84 Å². The van der Waals surface area contributed by atoms with E-state index in [9.17, 15) is 0 Å². The van der Waals surface area contributed by atoms with E-state index in [0.717, 1.165) is 22.9 Å². The van der Waals surface area contributed by atoms with Crippen molar-refractivity contribution in [3.8, 4) is 5.69 Å². The molecule has 0 fully saturated rings. The molecule has 4 heteroatoms. The van der Waals surface area contributed by atoms with Crippen LogP contribution in [0, 0.1) is 5.92 Å². The molecule has 9 rings (SSSR count). The smallest absolute Gasteiger partial charge is 0.157 e. The maximum atomic E-state index is 5.46. The van der Waals surface area contributed by atoms with Crippen molar-refractivity contribution in [2.75, 3.05) is 4.90 Å². The molecule has 2 unspecified atom stereocenters. The van der Waals surface area contributed by atoms with E-state index in [-0.39, 0.29) is 17.4 Å². The number of para-hydroxylation sites is 3. The highest BCUT2D eigenvalue weighted by atomic mass is 15.2. The number of hydrogen-bond acceptors (Lipinski definition) is 3. The second-order valence-electron chi connectivity index (χ2n) is 13.5. The van der Waals surface area contributed by atoms with Gasteiger partial charge in [-0.25, -0.2) is 4.99 Å². The molecule has 0 radical (unpaired) electrons. The Morgan fingerprint density at radius 1 is 0.583 bits per heavy atom. The summed E-state index contributed by atoms with van der Waals surface area (Å²) in [7, 11) is 0. The molecule has 0 spiro atoms. The minimum absolute atomic E-state index is 0.0170. The van der Waals surface area contributed by atoms with E-state index < -0.39 is 0 Å². The van der Waals surface area contributed by atoms with Crippen molar-refractivity contribution in [1.82, 2.24) is 4.57 Å². The fourth-order valence-corrected chi connectivity index (χ4v) is 7.88. The standard InChI is InChI=1S/C44H36N4/c1-29-41(30-17-7-4-8-18-30)45-42(31-19-9-5-10-20-31)46-43(29)48-38-26-16-14-24-35(38)44(2,3)36-28-39-34(27-40(36)48)33-23-13-15-25-37(33)47(39)32-21-11-6-12-22-32/h4-29,41H,1-3H3. The lowest BCUT2D eigenvalue weighted by molar-refractivity contribution is 0.581. The molecule has 0 saturated heterocycles. The topological polar surface area (TPSA) is 32.9 Å². The van der Waals surface area contributed by atoms with Crippen LogP contribution in [0.15, 0.2) is 162 Å². The number of rotatable bonds is 3. The first kappa shape index (κ1) is 28.5. The Morgan fingerprint density at radius 3 is 2.00 bits per heavy atom. The molecule has 2 atom stereocenters. The van der Waals surface area contributed by atoms with Crippen LogP contribution in [0.2, 0.25) is 0 Å².